The van der Waals surface area contributed by atoms with Crippen LogP contribution in [0.1, 0.15) is 160 Å². The van der Waals surface area contributed by atoms with Gasteiger partial charge < -0.3 is 65.5 Å². The molecule has 32 nitrogen and oxygen atoms in total. The van der Waals surface area contributed by atoms with Gasteiger partial charge in [0.25, 0.3) is 34.7 Å². The summed E-state index contributed by atoms with van der Waals surface area (Å²) in [4.78, 5) is 104. The van der Waals surface area contributed by atoms with E-state index in [2.05, 4.69) is 100 Å². The van der Waals surface area contributed by atoms with Gasteiger partial charge in [-0.2, -0.15) is 0 Å². The Balaban J connectivity index is 0.000000558. The number of non-ortho nitro benzene ring substituents is 4. The Labute approximate surface area is 880 Å². The van der Waals surface area contributed by atoms with Crippen molar-refractivity contribution in [1.29, 1.82) is 0 Å². The first-order valence-corrected chi connectivity index (χ1v) is 45.0. The Bertz CT molecular complexity index is 6230. The van der Waals surface area contributed by atoms with E-state index in [9.17, 15) is 54.8 Å². The van der Waals surface area contributed by atoms with Crippen LogP contribution in [0.25, 0.3) is 71.3 Å². The van der Waals surface area contributed by atoms with Crippen LogP contribution in [0.15, 0.2) is 265 Å². The number of aliphatic carboxylic acids is 2. The summed E-state index contributed by atoms with van der Waals surface area (Å²) in [5.41, 5.74) is 16.6. The number of esters is 3. The van der Waals surface area contributed by atoms with Crippen molar-refractivity contribution in [1.82, 2.24) is 15.0 Å². The minimum Gasteiger partial charge on any atom is -0.481 e. The molecule has 1 unspecified atom stereocenters. The number of rotatable bonds is 15. The fourth-order valence-corrected chi connectivity index (χ4v) is 13.5. The van der Waals surface area contributed by atoms with E-state index < -0.39 is 69.9 Å². The molecule has 3 aromatic heterocycles. The number of pyridine rings is 3. The smallest absolute Gasteiger partial charge is 0.481 e. The Morgan fingerprint density at radius 1 is 0.448 bits per heavy atom. The van der Waals surface area contributed by atoms with E-state index in [4.69, 9.17) is 58.2 Å². The number of hydrogen-bond acceptors (Lipinski definition) is 26. The number of carboxylic acids is 2. The molecule has 0 radical (unpaired) electrons. The van der Waals surface area contributed by atoms with Crippen molar-refractivity contribution in [2.75, 3.05) is 27.1 Å². The molecule has 6 heterocycles. The molecule has 39 heteroatoms. The molecule has 0 spiro atoms. The van der Waals surface area contributed by atoms with Gasteiger partial charge in [-0.1, -0.05) is 137 Å². The average molecular weight is 2270 g/mol. The van der Waals surface area contributed by atoms with E-state index in [-0.39, 0.29) is 119 Å². The molecule has 0 amide bonds. The van der Waals surface area contributed by atoms with Crippen molar-refractivity contribution in [3.63, 3.8) is 0 Å². The number of fused-ring (bicyclic) bond motifs is 3. The molecule has 3 fully saturated rings. The number of halogens is 2. The van der Waals surface area contributed by atoms with Crippen molar-refractivity contribution < 1.29 is 137 Å². The predicted molar refractivity (Wildman–Crippen MR) is 562 cm³/mol. The van der Waals surface area contributed by atoms with Crippen molar-refractivity contribution in [3.05, 3.63) is 335 Å². The van der Waals surface area contributed by atoms with Crippen LogP contribution in [0.5, 0.6) is 0 Å². The summed E-state index contributed by atoms with van der Waals surface area (Å²) in [5.74, 6) is -2.49. The van der Waals surface area contributed by atoms with Gasteiger partial charge in [0.1, 0.15) is 0 Å². The van der Waals surface area contributed by atoms with E-state index in [1.54, 1.807) is 86.3 Å². The third-order valence-corrected chi connectivity index (χ3v) is 23.9. The second kappa shape index (κ2) is 57.8. The molecular formula is C104H122B3Br2N8O24Pd2-. The molecular weight excluding hydrogens is 2150 g/mol. The van der Waals surface area contributed by atoms with E-state index in [0.29, 0.717) is 6.42 Å². The summed E-state index contributed by atoms with van der Waals surface area (Å²) in [5, 5.41) is 63.2. The number of nitrogens with zero attached hydrogens (tertiary/aromatic N) is 7. The number of nitro benzene ring substituents is 4. The van der Waals surface area contributed by atoms with Crippen LogP contribution in [0.4, 0.5) is 28.4 Å². The summed E-state index contributed by atoms with van der Waals surface area (Å²) in [6.45, 7) is 36.1. The summed E-state index contributed by atoms with van der Waals surface area (Å²) in [6.07, 6.45) is 15.6. The Morgan fingerprint density at radius 3 is 1.10 bits per heavy atom. The van der Waals surface area contributed by atoms with Crippen LogP contribution < -0.4 is 11.2 Å². The van der Waals surface area contributed by atoms with Gasteiger partial charge in [-0.05, 0) is 250 Å². The predicted octanol–water partition coefficient (Wildman–Crippen LogP) is 23.9. The minimum atomic E-state index is -0.833. The van der Waals surface area contributed by atoms with Crippen LogP contribution in [0, 0.1) is 61.7 Å². The molecule has 3 aliphatic rings. The normalized spacial score (nSPS) is 14.2. The largest absolute Gasteiger partial charge is 0.494 e. The molecule has 4 N–H and O–H groups in total. The zero-order valence-corrected chi connectivity index (χ0v) is 89.5. The van der Waals surface area contributed by atoms with E-state index >= 15 is 0 Å². The van der Waals surface area contributed by atoms with Crippen molar-refractivity contribution in [2.24, 2.45) is 0 Å². The Morgan fingerprint density at radius 2 is 0.762 bits per heavy atom. The second-order valence-electron chi connectivity index (χ2n) is 34.7. The van der Waals surface area contributed by atoms with Gasteiger partial charge in [0.05, 0.1) is 81.0 Å². The number of anilines is 1. The Hall–Kier alpha value is -12.3. The number of methoxy groups -OCH3 is 3. The van der Waals surface area contributed by atoms with E-state index in [0.717, 1.165) is 116 Å². The number of nitrogen functional groups attached to an aromatic ring is 1. The first kappa shape index (κ1) is 127. The van der Waals surface area contributed by atoms with Crippen LogP contribution in [-0.2, 0) is 107 Å². The molecule has 3 saturated heterocycles. The third kappa shape index (κ3) is 38.1. The second-order valence-corrected chi connectivity index (χ2v) is 36.5. The quantitative estimate of drug-likeness (QED) is 0.0125. The maximum Gasteiger partial charge on any atom is 0.494 e. The number of hydrogen-bond donors (Lipinski definition) is 3. The van der Waals surface area contributed by atoms with Crippen molar-refractivity contribution in [2.45, 2.75) is 185 Å². The van der Waals surface area contributed by atoms with Gasteiger partial charge in [0, 0.05) is 200 Å². The van der Waals surface area contributed by atoms with Gasteiger partial charge in [-0.25, -0.2) is 9.59 Å². The van der Waals surface area contributed by atoms with Crippen molar-refractivity contribution in [3.8, 4) is 33.4 Å². The number of carboxylic acid groups (broad SMARTS) is 2. The summed E-state index contributed by atoms with van der Waals surface area (Å²) < 4.78 is 51.1. The first-order valence-electron chi connectivity index (χ1n) is 43.4. The third-order valence-electron chi connectivity index (χ3n) is 22.9. The molecule has 3 aliphatic heterocycles. The molecule has 0 aliphatic carbocycles. The first-order chi connectivity index (χ1) is 65.1. The van der Waals surface area contributed by atoms with Crippen LogP contribution in [0.3, 0.4) is 0 Å². The number of carbonyl (C=O) groups is 5. The topological polar surface area (TPSA) is 446 Å². The number of nitrogens with two attached hydrogens (primary N) is 1. The number of nitro groups is 4. The summed E-state index contributed by atoms with van der Waals surface area (Å²) >= 11 is 6.63. The molecule has 0 bridgehead atoms. The SMILES string of the molecule is C.C/C=C/C(=O)OC.CC(=O)O.CC(=O)O.CC1(C)OB(B2OC(C)(C)C(C)(C)O2)OC1(C)C.CC1(C)OB(c2ccc([N+](=O)[O-])cc2)OC1(C)C.COC(=O)/C=C(\C)c1ccc2cncc(-c3ccc([N+](=O)[O-])cc3)c2c1.COC(=O)CC(C)c1ccc2cncc(-c3ccc(N)cc3)c2c1.Cc1ccccc1C.O=[N+]([O-])c1ccc(-c2cncc3ccc(Br)cc23)cc1.O=[N+]([O-])c1ccc(Br)cc1.[CH3-].[Pd].[Pd]. The fraction of sp³-hybridized carbons (Fsp3) is 0.298. The van der Waals surface area contributed by atoms with E-state index in [1.807, 2.05) is 182 Å². The number of carbonyl (C=O) groups excluding carboxylic acids is 3. The Kier molecular flexibility index (Phi) is 51.3. The minimum absolute atomic E-state index is 0. The standard InChI is InChI=1S/C20H16N2O4.C20H20N2O2.C15H9BrN2O2.C12H24B2O4.C12H16BNO4.C8H10.C6H4BrNO2.C5H8O2.2C2H4O2.CH4.CH3.2Pd/c1-13(9-20(23)26-2)15-3-4-16-11-21-12-19(18(16)10-15)14-5-7-17(8-6-14)22(24)25;1-13(9-20(23)24-2)15-3-4-16-11-22-12-19(18(16)10-15)14-5-7-17(21)8-6-14;16-12-4-1-11-8-17-9-15(14(11)7-12)10-2-5-13(6-3-10)18(19)20;1-9(2)10(3,4)16-13(15-9)14-17-11(5,6)12(7,8)18-14;1-11(2)12(3,4)18-13(17-11)9-5-7-10(8-6-9)14(15)16;1-7-5-3-4-6-8(7)2;7-5-1-3-6(4-2-5)8(9)10;1-3-4-5(6)7-2;2*1-2(3)4;;;;/h3-12H,1-2H3;3-8,10-13H,9,21H2,1-2H3;1-9H;1-8H3;5-8H,1-4H3;3-6H,1-2H3;1-4H;3-4H,1-2H3;2*1H3,(H,3,4);1H4;1H3;;/q;;;;;;;;;;;-1;;/b13-9+;;;;;;;4-3+;;;;;;. The molecule has 0 saturated carbocycles. The van der Waals surface area contributed by atoms with Crippen LogP contribution in [-0.4, -0.2) is 151 Å². The molecule has 1 atom stereocenters. The molecule has 9 aromatic carbocycles. The molecule has 766 valence electrons. The fourth-order valence-electron chi connectivity index (χ4n) is 12.8. The van der Waals surface area contributed by atoms with Gasteiger partial charge in [0.2, 0.25) is 0 Å². The monoisotopic (exact) mass is 2270 g/mol. The zero-order chi connectivity index (χ0) is 104. The van der Waals surface area contributed by atoms with Gasteiger partial charge in [0.15, 0.2) is 0 Å². The number of ether oxygens (including phenoxy) is 3. The van der Waals surface area contributed by atoms with Crippen LogP contribution in [0.2, 0.25) is 0 Å². The summed E-state index contributed by atoms with van der Waals surface area (Å²) in [7, 11) is 2.68. The number of aryl methyl sites for hydroxylation is 2. The number of benzene rings is 9. The van der Waals surface area contributed by atoms with Gasteiger partial charge >= 0.3 is 39.0 Å². The van der Waals surface area contributed by atoms with Gasteiger partial charge in [-0.15, -0.1) is 0 Å². The maximum absolute atomic E-state index is 11.5. The van der Waals surface area contributed by atoms with Crippen LogP contribution >= 0.6 is 31.9 Å². The van der Waals surface area contributed by atoms with Gasteiger partial charge in [-0.3, -0.25) is 69.8 Å². The molecule has 12 aromatic rings. The average Bonchev–Trinajstić information content (AvgIpc) is 1.60. The van der Waals surface area contributed by atoms with E-state index in [1.165, 1.54) is 93.1 Å². The van der Waals surface area contributed by atoms with Crippen molar-refractivity contribution >= 4 is 155 Å². The number of allylic oxidation sites excluding steroid dienone is 2. The molecule has 143 heavy (non-hydrogen) atoms. The summed E-state index contributed by atoms with van der Waals surface area (Å²) in [6, 6.07) is 59.4. The number of aromatic nitrogens is 3. The zero-order valence-electron chi connectivity index (χ0n) is 83.2. The molecule has 15 rings (SSSR count). The maximum atomic E-state index is 11.5.